The van der Waals surface area contributed by atoms with Gasteiger partial charge in [0.1, 0.15) is 0 Å². The molecule has 4 rings (SSSR count). The minimum Gasteiger partial charge on any atom is -0.368 e. The second kappa shape index (κ2) is 7.01. The van der Waals surface area contributed by atoms with Crippen LogP contribution in [-0.2, 0) is 6.18 Å². The van der Waals surface area contributed by atoms with Crippen LogP contribution in [0.5, 0.6) is 0 Å². The molecule has 7 heteroatoms. The van der Waals surface area contributed by atoms with Gasteiger partial charge in [-0.05, 0) is 56.4 Å². The first-order valence-corrected chi connectivity index (χ1v) is 9.51. The quantitative estimate of drug-likeness (QED) is 0.711. The Morgan fingerprint density at radius 1 is 1.32 bits per heavy atom. The number of halogens is 3. The number of hydrogen-bond acceptors (Lipinski definition) is 3. The first-order chi connectivity index (χ1) is 13.4. The van der Waals surface area contributed by atoms with Crippen molar-refractivity contribution in [3.05, 3.63) is 53.6 Å². The van der Waals surface area contributed by atoms with Gasteiger partial charge in [0, 0.05) is 24.3 Å². The topological polar surface area (TPSA) is 44.9 Å². The second-order valence-electron chi connectivity index (χ2n) is 7.37. The molecular weight excluding hydrogens is 365 g/mol. The summed E-state index contributed by atoms with van der Waals surface area (Å²) in [6.45, 7) is 2.54. The number of alkyl halides is 3. The Labute approximate surface area is 161 Å². The molecule has 0 saturated heterocycles. The van der Waals surface area contributed by atoms with Crippen LogP contribution in [-0.4, -0.2) is 22.1 Å². The minimum absolute atomic E-state index is 0.0940. The lowest BCUT2D eigenvalue weighted by Crippen LogP contribution is -2.33. The number of benzene rings is 1. The molecule has 1 atom stereocenters. The molecule has 1 aromatic heterocycles. The third kappa shape index (κ3) is 3.39. The molecule has 0 aliphatic heterocycles. The van der Waals surface area contributed by atoms with Gasteiger partial charge in [-0.1, -0.05) is 6.08 Å². The predicted molar refractivity (Wildman–Crippen MR) is 101 cm³/mol. The Kier molecular flexibility index (Phi) is 4.66. The molecule has 28 heavy (non-hydrogen) atoms. The molecule has 0 N–H and O–H groups in total. The number of aromatic nitrogens is 2. The number of imidazole rings is 1. The molecule has 2 aliphatic carbocycles. The third-order valence-electron chi connectivity index (χ3n) is 5.57. The van der Waals surface area contributed by atoms with Gasteiger partial charge in [0.2, 0.25) is 0 Å². The van der Waals surface area contributed by atoms with Crippen LogP contribution >= 0.6 is 0 Å². The van der Waals surface area contributed by atoms with Gasteiger partial charge < -0.3 is 9.47 Å². The van der Waals surface area contributed by atoms with Crippen molar-refractivity contribution in [3.8, 4) is 6.07 Å². The molecule has 146 valence electrons. The van der Waals surface area contributed by atoms with Gasteiger partial charge in [-0.3, -0.25) is 0 Å². The SMILES string of the molecule is CCN(c1ccc(C#N)c(C(F)(F)F)c1)C1CC=C(c2cncn2C2CC2)C1. The lowest BCUT2D eigenvalue weighted by molar-refractivity contribution is -0.137. The van der Waals surface area contributed by atoms with Gasteiger partial charge in [-0.2, -0.15) is 18.4 Å². The molecule has 1 aromatic carbocycles. The van der Waals surface area contributed by atoms with Crippen LogP contribution in [0, 0.1) is 11.3 Å². The maximum atomic E-state index is 13.3. The van der Waals surface area contributed by atoms with E-state index >= 15 is 0 Å². The highest BCUT2D eigenvalue weighted by atomic mass is 19.4. The molecule has 0 radical (unpaired) electrons. The van der Waals surface area contributed by atoms with Crippen LogP contribution in [0.2, 0.25) is 0 Å². The molecule has 0 spiro atoms. The average Bonchev–Trinajstić information content (AvgIpc) is 3.20. The lowest BCUT2D eigenvalue weighted by atomic mass is 10.0. The summed E-state index contributed by atoms with van der Waals surface area (Å²) in [6, 6.07) is 6.27. The summed E-state index contributed by atoms with van der Waals surface area (Å²) in [7, 11) is 0. The summed E-state index contributed by atoms with van der Waals surface area (Å²) in [5.74, 6) is 0. The summed E-state index contributed by atoms with van der Waals surface area (Å²) < 4.78 is 42.2. The first-order valence-electron chi connectivity index (χ1n) is 9.51. The summed E-state index contributed by atoms with van der Waals surface area (Å²) >= 11 is 0. The summed E-state index contributed by atoms with van der Waals surface area (Å²) in [4.78, 5) is 6.28. The normalized spacial score (nSPS) is 19.4. The predicted octanol–water partition coefficient (Wildman–Crippen LogP) is 5.18. The zero-order valence-electron chi connectivity index (χ0n) is 15.6. The monoisotopic (exact) mass is 386 g/mol. The molecule has 0 amide bonds. The van der Waals surface area contributed by atoms with Crippen molar-refractivity contribution in [2.45, 2.75) is 50.9 Å². The fourth-order valence-electron chi connectivity index (χ4n) is 4.04. The molecule has 2 aliphatic rings. The average molecular weight is 386 g/mol. The number of nitriles is 1. The maximum Gasteiger partial charge on any atom is 0.417 e. The number of rotatable bonds is 5. The summed E-state index contributed by atoms with van der Waals surface area (Å²) in [5.41, 5.74) is 1.62. The van der Waals surface area contributed by atoms with Gasteiger partial charge in [-0.15, -0.1) is 0 Å². The zero-order chi connectivity index (χ0) is 19.9. The van der Waals surface area contributed by atoms with Crippen molar-refractivity contribution in [3.63, 3.8) is 0 Å². The highest BCUT2D eigenvalue weighted by Crippen LogP contribution is 2.41. The van der Waals surface area contributed by atoms with E-state index in [1.54, 1.807) is 12.1 Å². The van der Waals surface area contributed by atoms with Crippen molar-refractivity contribution in [2.24, 2.45) is 0 Å². The standard InChI is InChI=1S/C21H21F3N4/c1-2-27(18-6-4-15(11-25)19(10-18)21(22,23)24)17-5-3-14(9-17)20-12-26-13-28(20)16-7-8-16/h3-4,6,10,12-13,16-17H,2,5,7-9H2,1H3. The smallest absolute Gasteiger partial charge is 0.368 e. The van der Waals surface area contributed by atoms with Crippen LogP contribution in [0.3, 0.4) is 0 Å². The van der Waals surface area contributed by atoms with Gasteiger partial charge in [0.15, 0.2) is 0 Å². The highest BCUT2D eigenvalue weighted by Gasteiger charge is 2.35. The van der Waals surface area contributed by atoms with Crippen molar-refractivity contribution in [2.75, 3.05) is 11.4 Å². The van der Waals surface area contributed by atoms with E-state index in [1.165, 1.54) is 24.5 Å². The van der Waals surface area contributed by atoms with Crippen LogP contribution in [0.15, 0.2) is 36.8 Å². The zero-order valence-corrected chi connectivity index (χ0v) is 15.6. The minimum atomic E-state index is -4.55. The largest absolute Gasteiger partial charge is 0.417 e. The first kappa shape index (κ1) is 18.6. The Morgan fingerprint density at radius 3 is 2.75 bits per heavy atom. The van der Waals surface area contributed by atoms with Crippen molar-refractivity contribution >= 4 is 11.3 Å². The Bertz CT molecular complexity index is 947. The van der Waals surface area contributed by atoms with E-state index in [4.69, 9.17) is 5.26 Å². The van der Waals surface area contributed by atoms with E-state index in [1.807, 2.05) is 24.3 Å². The van der Waals surface area contributed by atoms with E-state index in [2.05, 4.69) is 15.6 Å². The fraction of sp³-hybridized carbons (Fsp3) is 0.429. The summed E-state index contributed by atoms with van der Waals surface area (Å²) in [6.07, 6.45) is 5.28. The van der Waals surface area contributed by atoms with Crippen molar-refractivity contribution in [1.29, 1.82) is 5.26 Å². The molecule has 1 fully saturated rings. The van der Waals surface area contributed by atoms with Crippen LogP contribution in [0.4, 0.5) is 18.9 Å². The van der Waals surface area contributed by atoms with E-state index in [0.717, 1.165) is 24.6 Å². The van der Waals surface area contributed by atoms with E-state index in [0.29, 0.717) is 18.3 Å². The van der Waals surface area contributed by atoms with Gasteiger partial charge in [0.25, 0.3) is 0 Å². The van der Waals surface area contributed by atoms with Crippen LogP contribution in [0.25, 0.3) is 5.57 Å². The Morgan fingerprint density at radius 2 is 2.11 bits per heavy atom. The molecule has 1 saturated carbocycles. The van der Waals surface area contributed by atoms with E-state index < -0.39 is 11.7 Å². The van der Waals surface area contributed by atoms with Crippen LogP contribution < -0.4 is 4.90 Å². The summed E-state index contributed by atoms with van der Waals surface area (Å²) in [5, 5.41) is 9.02. The molecule has 0 bridgehead atoms. The molecule has 4 nitrogen and oxygen atoms in total. The van der Waals surface area contributed by atoms with Gasteiger partial charge >= 0.3 is 6.18 Å². The maximum absolute atomic E-state index is 13.3. The lowest BCUT2D eigenvalue weighted by Gasteiger charge is -2.31. The second-order valence-corrected chi connectivity index (χ2v) is 7.37. The Balaban J connectivity index is 1.57. The highest BCUT2D eigenvalue weighted by molar-refractivity contribution is 5.67. The molecule has 2 aromatic rings. The van der Waals surface area contributed by atoms with Crippen molar-refractivity contribution < 1.29 is 13.2 Å². The third-order valence-corrected chi connectivity index (χ3v) is 5.57. The molecule has 1 unspecified atom stereocenters. The number of anilines is 1. The molecule has 1 heterocycles. The van der Waals surface area contributed by atoms with Gasteiger partial charge in [0.05, 0.1) is 35.4 Å². The van der Waals surface area contributed by atoms with E-state index in [9.17, 15) is 13.2 Å². The fourth-order valence-corrected chi connectivity index (χ4v) is 4.04. The number of hydrogen-bond donors (Lipinski definition) is 0. The Hall–Kier alpha value is -2.75. The van der Waals surface area contributed by atoms with E-state index in [-0.39, 0.29) is 11.6 Å². The number of nitrogens with zero attached hydrogens (tertiary/aromatic N) is 4. The van der Waals surface area contributed by atoms with Gasteiger partial charge in [-0.25, -0.2) is 4.98 Å². The van der Waals surface area contributed by atoms with Crippen molar-refractivity contribution in [1.82, 2.24) is 9.55 Å². The van der Waals surface area contributed by atoms with Crippen LogP contribution in [0.1, 0.15) is 55.5 Å². The molecular formula is C21H21F3N4.